The molecule has 0 unspecified atom stereocenters. The van der Waals surface area contributed by atoms with Crippen LogP contribution in [-0.4, -0.2) is 16.0 Å². The minimum Gasteiger partial charge on any atom is -0.360 e. The lowest BCUT2D eigenvalue weighted by Gasteiger charge is -2.08. The van der Waals surface area contributed by atoms with E-state index >= 15 is 0 Å². The Morgan fingerprint density at radius 2 is 2.08 bits per heavy atom. The molecule has 0 atom stereocenters. The van der Waals surface area contributed by atoms with Gasteiger partial charge in [-0.05, 0) is 31.2 Å². The number of rotatable bonds is 4. The van der Waals surface area contributed by atoms with E-state index in [4.69, 9.17) is 16.1 Å². The molecule has 1 aromatic carbocycles. The molecule has 3 rings (SSSR count). The first-order valence-electron chi connectivity index (χ1n) is 6.94. The third-order valence-electron chi connectivity index (χ3n) is 3.10. The number of halogens is 2. The highest BCUT2D eigenvalue weighted by Gasteiger charge is 2.16. The van der Waals surface area contributed by atoms with E-state index in [1.807, 2.05) is 0 Å². The van der Waals surface area contributed by atoms with E-state index in [2.05, 4.69) is 20.8 Å². The molecule has 0 aliphatic rings. The SMILES string of the molecule is Cc1cc(Nc2ccc(NC(=O)c3c(F)cccc3Cl)cn2)no1. The molecule has 0 bridgehead atoms. The summed E-state index contributed by atoms with van der Waals surface area (Å²) in [6.45, 7) is 1.78. The predicted octanol–water partition coefficient (Wildman–Crippen LogP) is 4.17. The minimum absolute atomic E-state index is 0.0418. The zero-order chi connectivity index (χ0) is 17.1. The van der Waals surface area contributed by atoms with Crippen LogP contribution < -0.4 is 10.6 Å². The molecule has 0 aliphatic heterocycles. The highest BCUT2D eigenvalue weighted by Crippen LogP contribution is 2.21. The first kappa shape index (κ1) is 15.9. The molecule has 0 saturated heterocycles. The number of pyridine rings is 1. The number of nitrogens with one attached hydrogen (secondary N) is 2. The maximum absolute atomic E-state index is 13.7. The standard InChI is InChI=1S/C16H12ClFN4O2/c1-9-7-14(22-24-9)21-13-6-5-10(8-19-13)20-16(23)15-11(17)3-2-4-12(15)18/h2-8H,1H3,(H,20,23)(H,19,21,22). The van der Waals surface area contributed by atoms with Crippen molar-refractivity contribution in [1.29, 1.82) is 0 Å². The molecule has 122 valence electrons. The normalized spacial score (nSPS) is 10.5. The largest absolute Gasteiger partial charge is 0.360 e. The minimum atomic E-state index is -0.687. The Morgan fingerprint density at radius 1 is 1.25 bits per heavy atom. The first-order chi connectivity index (χ1) is 11.5. The van der Waals surface area contributed by atoms with Crippen LogP contribution in [0.4, 0.5) is 21.7 Å². The fourth-order valence-corrected chi connectivity index (χ4v) is 2.26. The number of carbonyl (C=O) groups excluding carboxylic acids is 1. The summed E-state index contributed by atoms with van der Waals surface area (Å²) < 4.78 is 18.7. The van der Waals surface area contributed by atoms with Gasteiger partial charge in [0, 0.05) is 6.07 Å². The van der Waals surface area contributed by atoms with Crippen molar-refractivity contribution in [2.45, 2.75) is 6.92 Å². The topological polar surface area (TPSA) is 80.0 Å². The van der Waals surface area contributed by atoms with Gasteiger partial charge >= 0.3 is 0 Å². The molecule has 1 amide bonds. The molecule has 2 aromatic heterocycles. The molecule has 0 spiro atoms. The third-order valence-corrected chi connectivity index (χ3v) is 3.41. The van der Waals surface area contributed by atoms with Gasteiger partial charge < -0.3 is 15.2 Å². The van der Waals surface area contributed by atoms with Gasteiger partial charge in [0.15, 0.2) is 5.82 Å². The molecule has 0 fully saturated rings. The fraction of sp³-hybridized carbons (Fsp3) is 0.0625. The lowest BCUT2D eigenvalue weighted by Crippen LogP contribution is -2.14. The Morgan fingerprint density at radius 3 is 2.71 bits per heavy atom. The molecule has 24 heavy (non-hydrogen) atoms. The van der Waals surface area contributed by atoms with Crippen molar-refractivity contribution in [3.63, 3.8) is 0 Å². The predicted molar refractivity (Wildman–Crippen MR) is 88.1 cm³/mol. The number of amides is 1. The van der Waals surface area contributed by atoms with Gasteiger partial charge in [-0.1, -0.05) is 22.8 Å². The van der Waals surface area contributed by atoms with Crippen LogP contribution >= 0.6 is 11.6 Å². The Hall–Kier alpha value is -2.93. The van der Waals surface area contributed by atoms with Gasteiger partial charge in [0.05, 0.1) is 22.5 Å². The molecule has 2 heterocycles. The average Bonchev–Trinajstić information content (AvgIpc) is 2.94. The maximum atomic E-state index is 13.7. The van der Waals surface area contributed by atoms with Gasteiger partial charge in [-0.15, -0.1) is 0 Å². The van der Waals surface area contributed by atoms with Crippen LogP contribution in [0, 0.1) is 12.7 Å². The summed E-state index contributed by atoms with van der Waals surface area (Å²) in [4.78, 5) is 16.3. The summed E-state index contributed by atoms with van der Waals surface area (Å²) in [6.07, 6.45) is 1.43. The number of hydrogen-bond acceptors (Lipinski definition) is 5. The van der Waals surface area contributed by atoms with Crippen LogP contribution in [-0.2, 0) is 0 Å². The Bertz CT molecular complexity index is 860. The quantitative estimate of drug-likeness (QED) is 0.741. The summed E-state index contributed by atoms with van der Waals surface area (Å²) in [6, 6.07) is 9.04. The van der Waals surface area contributed by atoms with E-state index in [1.165, 1.54) is 24.4 Å². The van der Waals surface area contributed by atoms with E-state index in [0.717, 1.165) is 0 Å². The van der Waals surface area contributed by atoms with Gasteiger partial charge in [-0.25, -0.2) is 9.37 Å². The van der Waals surface area contributed by atoms with Gasteiger partial charge in [0.1, 0.15) is 17.4 Å². The second-order valence-corrected chi connectivity index (χ2v) is 5.34. The zero-order valence-corrected chi connectivity index (χ0v) is 13.3. The van der Waals surface area contributed by atoms with Crippen LogP contribution in [0.25, 0.3) is 0 Å². The maximum Gasteiger partial charge on any atom is 0.260 e. The van der Waals surface area contributed by atoms with Crippen LogP contribution in [0.3, 0.4) is 0 Å². The average molecular weight is 347 g/mol. The van der Waals surface area contributed by atoms with Crippen LogP contribution in [0.15, 0.2) is 47.1 Å². The van der Waals surface area contributed by atoms with E-state index < -0.39 is 11.7 Å². The summed E-state index contributed by atoms with van der Waals surface area (Å²) in [7, 11) is 0. The summed E-state index contributed by atoms with van der Waals surface area (Å²) >= 11 is 5.87. The van der Waals surface area contributed by atoms with Crippen LogP contribution in [0.1, 0.15) is 16.1 Å². The van der Waals surface area contributed by atoms with Crippen LogP contribution in [0.5, 0.6) is 0 Å². The number of aromatic nitrogens is 2. The third kappa shape index (κ3) is 3.52. The Kier molecular flexibility index (Phi) is 4.43. The number of aryl methyl sites for hydroxylation is 1. The van der Waals surface area contributed by atoms with E-state index in [1.54, 1.807) is 25.1 Å². The lowest BCUT2D eigenvalue weighted by molar-refractivity contribution is 0.102. The molecule has 2 N–H and O–H groups in total. The fourth-order valence-electron chi connectivity index (χ4n) is 2.01. The number of anilines is 3. The number of hydrogen-bond donors (Lipinski definition) is 2. The van der Waals surface area contributed by atoms with Crippen LogP contribution in [0.2, 0.25) is 5.02 Å². The van der Waals surface area contributed by atoms with Crippen molar-refractivity contribution in [3.8, 4) is 0 Å². The second kappa shape index (κ2) is 6.67. The Labute approximate surface area is 141 Å². The zero-order valence-electron chi connectivity index (χ0n) is 12.5. The summed E-state index contributed by atoms with van der Waals surface area (Å²) in [5.74, 6) is 0.378. The molecular weight excluding hydrogens is 335 g/mol. The first-order valence-corrected chi connectivity index (χ1v) is 7.32. The number of benzene rings is 1. The molecule has 8 heteroatoms. The van der Waals surface area contributed by atoms with Gasteiger partial charge in [-0.3, -0.25) is 4.79 Å². The number of nitrogens with zero attached hydrogens (tertiary/aromatic N) is 2. The van der Waals surface area contributed by atoms with Crippen molar-refractivity contribution in [2.24, 2.45) is 0 Å². The van der Waals surface area contributed by atoms with Gasteiger partial charge in [0.2, 0.25) is 0 Å². The van der Waals surface area contributed by atoms with E-state index in [-0.39, 0.29) is 10.6 Å². The van der Waals surface area contributed by atoms with Gasteiger partial charge in [-0.2, -0.15) is 0 Å². The van der Waals surface area contributed by atoms with Crippen molar-refractivity contribution in [2.75, 3.05) is 10.6 Å². The summed E-state index contributed by atoms with van der Waals surface area (Å²) in [5.41, 5.74) is 0.195. The van der Waals surface area contributed by atoms with Crippen molar-refractivity contribution in [3.05, 3.63) is 64.8 Å². The molecule has 3 aromatic rings. The van der Waals surface area contributed by atoms with Crippen molar-refractivity contribution in [1.82, 2.24) is 10.1 Å². The highest BCUT2D eigenvalue weighted by molar-refractivity contribution is 6.34. The van der Waals surface area contributed by atoms with Gasteiger partial charge in [0.25, 0.3) is 5.91 Å². The molecular formula is C16H12ClFN4O2. The monoisotopic (exact) mass is 346 g/mol. The Balaban J connectivity index is 1.71. The molecule has 6 nitrogen and oxygen atoms in total. The smallest absolute Gasteiger partial charge is 0.260 e. The second-order valence-electron chi connectivity index (χ2n) is 4.93. The highest BCUT2D eigenvalue weighted by atomic mass is 35.5. The molecule has 0 saturated carbocycles. The van der Waals surface area contributed by atoms with Crippen molar-refractivity contribution < 1.29 is 13.7 Å². The molecule has 0 aliphatic carbocycles. The van der Waals surface area contributed by atoms with Crippen molar-refractivity contribution >= 4 is 34.8 Å². The lowest BCUT2D eigenvalue weighted by atomic mass is 10.2. The van der Waals surface area contributed by atoms with E-state index in [0.29, 0.717) is 23.1 Å². The summed E-state index contributed by atoms with van der Waals surface area (Å²) in [5, 5.41) is 9.32. The molecule has 0 radical (unpaired) electrons. The van der Waals surface area contributed by atoms with E-state index in [9.17, 15) is 9.18 Å². The number of carbonyl (C=O) groups is 1.